The molecule has 0 saturated heterocycles. The highest BCUT2D eigenvalue weighted by atomic mass is 16.5. The average molecular weight is 417 g/mol. The smallest absolute Gasteiger partial charge is 0.245 e. The van der Waals surface area contributed by atoms with Crippen molar-refractivity contribution in [2.45, 2.75) is 13.8 Å². The van der Waals surface area contributed by atoms with Crippen LogP contribution in [0.1, 0.15) is 13.8 Å². The summed E-state index contributed by atoms with van der Waals surface area (Å²) < 4.78 is 0. The van der Waals surface area contributed by atoms with Gasteiger partial charge in [0.05, 0.1) is 17.1 Å². The second kappa shape index (κ2) is 9.88. The molecule has 9 heteroatoms. The number of carbonyl (C=O) groups is 1. The van der Waals surface area contributed by atoms with Crippen LogP contribution in [0.5, 0.6) is 0 Å². The molecule has 0 saturated carbocycles. The lowest BCUT2D eigenvalue weighted by atomic mass is 10.3. The van der Waals surface area contributed by atoms with Gasteiger partial charge in [0.25, 0.3) is 0 Å². The van der Waals surface area contributed by atoms with Gasteiger partial charge in [0.15, 0.2) is 0 Å². The summed E-state index contributed by atoms with van der Waals surface area (Å²) in [6.07, 6.45) is 0. The predicted molar refractivity (Wildman–Crippen MR) is 119 cm³/mol. The number of nitrogens with zero attached hydrogens (tertiary/aromatic N) is 3. The number of rotatable bonds is 7. The molecule has 0 heterocycles. The lowest BCUT2D eigenvalue weighted by Gasteiger charge is -2.10. The molecule has 0 unspecified atom stereocenters. The lowest BCUT2D eigenvalue weighted by Crippen LogP contribution is -2.10. The van der Waals surface area contributed by atoms with Crippen molar-refractivity contribution in [3.8, 4) is 0 Å². The first kappa shape index (κ1) is 21.3. The largest absolute Gasteiger partial charge is 0.862 e. The van der Waals surface area contributed by atoms with Crippen LogP contribution >= 0.6 is 0 Å². The quantitative estimate of drug-likeness (QED) is 0.172. The molecule has 0 aliphatic rings. The van der Waals surface area contributed by atoms with E-state index in [1.54, 1.807) is 60.7 Å². The lowest BCUT2D eigenvalue weighted by molar-refractivity contribution is -0.435. The summed E-state index contributed by atoms with van der Waals surface area (Å²) in [5.74, 6) is -0.418. The fourth-order valence-corrected chi connectivity index (χ4v) is 2.60. The van der Waals surface area contributed by atoms with Gasteiger partial charge >= 0.3 is 0 Å². The van der Waals surface area contributed by atoms with Crippen molar-refractivity contribution in [2.24, 2.45) is 10.1 Å². The van der Waals surface area contributed by atoms with E-state index in [1.807, 2.05) is 12.1 Å². The standard InChI is InChI=1S/C22H22N6O3/c1-15(29)23-17-3-7-19(8-4-17)25-26-20-11-13-22(14-12-20)28(31)27-21-9-5-18(6-10-21)24-16(2)30/h3-14,25-26H,1-2H3,(H,23,29)(H,24,30)/p-1. The zero-order chi connectivity index (χ0) is 22.2. The fourth-order valence-electron chi connectivity index (χ4n) is 2.60. The summed E-state index contributed by atoms with van der Waals surface area (Å²) in [4.78, 5) is 15.4. The molecule has 1 amide bonds. The highest BCUT2D eigenvalue weighted by molar-refractivity contribution is 5.88. The van der Waals surface area contributed by atoms with Crippen LogP contribution in [0, 0.1) is 5.21 Å². The summed E-state index contributed by atoms with van der Waals surface area (Å²) in [5, 5.41) is 30.0. The van der Waals surface area contributed by atoms with Gasteiger partial charge in [-0.05, 0) is 73.5 Å². The molecule has 158 valence electrons. The van der Waals surface area contributed by atoms with Crippen molar-refractivity contribution in [1.29, 1.82) is 0 Å². The molecule has 0 aliphatic carbocycles. The Labute approximate surface area is 179 Å². The fraction of sp³-hybridized carbons (Fsp3) is 0.0909. The van der Waals surface area contributed by atoms with E-state index in [9.17, 15) is 15.1 Å². The third kappa shape index (κ3) is 6.57. The van der Waals surface area contributed by atoms with Crippen LogP contribution in [-0.4, -0.2) is 16.7 Å². The Morgan fingerprint density at radius 2 is 1.26 bits per heavy atom. The van der Waals surface area contributed by atoms with E-state index >= 15 is 0 Å². The Kier molecular flexibility index (Phi) is 6.79. The molecule has 0 spiro atoms. The molecule has 0 bridgehead atoms. The number of hydrogen-bond donors (Lipinski definition) is 3. The van der Waals surface area contributed by atoms with Crippen molar-refractivity contribution in [3.63, 3.8) is 0 Å². The minimum Gasteiger partial charge on any atom is -0.862 e. The molecular formula is C22H21N6O3-. The van der Waals surface area contributed by atoms with E-state index in [2.05, 4.69) is 26.3 Å². The summed E-state index contributed by atoms with van der Waals surface area (Å²) in [6.45, 7) is 2.83. The summed E-state index contributed by atoms with van der Waals surface area (Å²) in [6, 6.07) is 20.4. The predicted octanol–water partition coefficient (Wildman–Crippen LogP) is 4.42. The molecule has 0 fully saturated rings. The first-order chi connectivity index (χ1) is 14.9. The first-order valence-corrected chi connectivity index (χ1v) is 9.40. The molecule has 3 N–H and O–H groups in total. The van der Waals surface area contributed by atoms with Gasteiger partial charge in [-0.3, -0.25) is 9.79 Å². The molecule has 9 nitrogen and oxygen atoms in total. The van der Waals surface area contributed by atoms with Gasteiger partial charge in [0.1, 0.15) is 5.69 Å². The third-order valence-electron chi connectivity index (χ3n) is 3.99. The maximum Gasteiger partial charge on any atom is 0.245 e. The van der Waals surface area contributed by atoms with E-state index in [1.165, 1.54) is 13.8 Å². The number of benzene rings is 3. The van der Waals surface area contributed by atoms with Crippen LogP contribution in [0.3, 0.4) is 0 Å². The molecule has 31 heavy (non-hydrogen) atoms. The molecular weight excluding hydrogens is 396 g/mol. The van der Waals surface area contributed by atoms with Gasteiger partial charge in [-0.1, -0.05) is 4.86 Å². The van der Waals surface area contributed by atoms with E-state index in [-0.39, 0.29) is 11.8 Å². The number of amides is 1. The number of anilines is 3. The second-order valence-corrected chi connectivity index (χ2v) is 6.58. The average Bonchev–Trinajstić information content (AvgIpc) is 2.74. The van der Waals surface area contributed by atoms with E-state index < -0.39 is 0 Å². The Balaban J connectivity index is 1.59. The number of carbonyl (C=O) groups excluding carboxylic acids is 1. The van der Waals surface area contributed by atoms with Crippen LogP contribution in [-0.2, 0) is 4.79 Å². The monoisotopic (exact) mass is 417 g/mol. The molecule has 3 aromatic rings. The zero-order valence-electron chi connectivity index (χ0n) is 17.0. The normalized spacial score (nSPS) is 11.7. The van der Waals surface area contributed by atoms with Crippen molar-refractivity contribution in [3.05, 3.63) is 78.0 Å². The number of hydrogen-bond acceptors (Lipinski definition) is 7. The highest BCUT2D eigenvalue weighted by Gasteiger charge is 2.05. The van der Waals surface area contributed by atoms with Gasteiger partial charge < -0.3 is 26.5 Å². The van der Waals surface area contributed by atoms with Crippen LogP contribution in [0.15, 0.2) is 82.9 Å². The number of aliphatic imine (C=N–C) groups is 1. The molecule has 0 aliphatic heterocycles. The molecule has 3 aromatic carbocycles. The van der Waals surface area contributed by atoms with E-state index in [4.69, 9.17) is 0 Å². The maximum atomic E-state index is 12.3. The molecule has 0 aromatic heterocycles. The Hall–Kier alpha value is -4.40. The van der Waals surface area contributed by atoms with Gasteiger partial charge in [0, 0.05) is 29.9 Å². The number of azo groups is 1. The minimum atomic E-state index is -0.291. The number of hydrazine groups is 1. The van der Waals surface area contributed by atoms with Gasteiger partial charge in [-0.25, -0.2) is 0 Å². The summed E-state index contributed by atoms with van der Waals surface area (Å²) >= 11 is 0. The maximum absolute atomic E-state index is 12.3. The van der Waals surface area contributed by atoms with E-state index in [0.29, 0.717) is 27.6 Å². The minimum absolute atomic E-state index is 0.126. The van der Waals surface area contributed by atoms with Crippen molar-refractivity contribution in [2.75, 3.05) is 16.2 Å². The van der Waals surface area contributed by atoms with Crippen LogP contribution in [0.25, 0.3) is 0 Å². The van der Waals surface area contributed by atoms with Gasteiger partial charge in [0.2, 0.25) is 11.6 Å². The Morgan fingerprint density at radius 3 is 1.77 bits per heavy atom. The Bertz CT molecular complexity index is 1090. The highest BCUT2D eigenvalue weighted by Crippen LogP contribution is 2.22. The summed E-state index contributed by atoms with van der Waals surface area (Å²) in [5.41, 5.74) is 9.66. The molecule has 0 radical (unpaired) electrons. The molecule has 0 atom stereocenters. The van der Waals surface area contributed by atoms with Crippen molar-refractivity contribution >= 4 is 45.9 Å². The zero-order valence-corrected chi connectivity index (χ0v) is 17.0. The Morgan fingerprint density at radius 1 is 0.774 bits per heavy atom. The van der Waals surface area contributed by atoms with Gasteiger partial charge in [-0.2, -0.15) is 0 Å². The number of nitrogens with one attached hydrogen (secondary N) is 3. The van der Waals surface area contributed by atoms with Crippen LogP contribution < -0.4 is 21.3 Å². The second-order valence-electron chi connectivity index (χ2n) is 6.58. The van der Waals surface area contributed by atoms with E-state index in [0.717, 1.165) is 11.4 Å². The van der Waals surface area contributed by atoms with Crippen LogP contribution in [0.4, 0.5) is 34.1 Å². The SMILES string of the molecule is CC(=O)Nc1ccc(NNc2ccc([N+]([O-])=Nc3ccc(N=C(C)[O-])cc3)cc2)cc1. The first-order valence-electron chi connectivity index (χ1n) is 9.40. The van der Waals surface area contributed by atoms with Crippen molar-refractivity contribution < 1.29 is 14.8 Å². The third-order valence-corrected chi connectivity index (χ3v) is 3.99. The molecule has 3 rings (SSSR count). The van der Waals surface area contributed by atoms with Crippen LogP contribution in [0.2, 0.25) is 0 Å². The topological polar surface area (TPSA) is 127 Å². The van der Waals surface area contributed by atoms with Crippen molar-refractivity contribution in [1.82, 2.24) is 0 Å². The van der Waals surface area contributed by atoms with Gasteiger partial charge in [-0.15, -0.1) is 0 Å². The summed E-state index contributed by atoms with van der Waals surface area (Å²) in [7, 11) is 0.